The molecule has 1 aliphatic rings. The molecule has 1 heterocycles. The quantitative estimate of drug-likeness (QED) is 0.647. The number of aromatic nitrogens is 2. The molecule has 74 valence electrons. The van der Waals surface area contributed by atoms with Gasteiger partial charge in [-0.2, -0.15) is 0 Å². The van der Waals surface area contributed by atoms with Crippen LogP contribution in [0.2, 0.25) is 0 Å². The molecular weight excluding hydrogens is 184 g/mol. The van der Waals surface area contributed by atoms with Crippen molar-refractivity contribution in [3.8, 4) is 0 Å². The number of nitrogens with zero attached hydrogens (tertiary/aromatic N) is 2. The van der Waals surface area contributed by atoms with Crippen molar-refractivity contribution in [2.45, 2.75) is 19.3 Å². The summed E-state index contributed by atoms with van der Waals surface area (Å²) in [5.41, 5.74) is 4.18. The summed E-state index contributed by atoms with van der Waals surface area (Å²) in [6, 6.07) is 8.05. The fourth-order valence-corrected chi connectivity index (χ4v) is 1.95. The number of rotatable bonds is 0. The summed E-state index contributed by atoms with van der Waals surface area (Å²) in [5, 5.41) is 0. The van der Waals surface area contributed by atoms with E-state index in [0.29, 0.717) is 0 Å². The van der Waals surface area contributed by atoms with Gasteiger partial charge in [0.1, 0.15) is 0 Å². The van der Waals surface area contributed by atoms with Gasteiger partial charge in [0.25, 0.3) is 0 Å². The average Bonchev–Trinajstić information content (AvgIpc) is 2.50. The zero-order chi connectivity index (χ0) is 10.1. The van der Waals surface area contributed by atoms with Crippen molar-refractivity contribution in [3.63, 3.8) is 0 Å². The monoisotopic (exact) mass is 196 g/mol. The summed E-state index contributed by atoms with van der Waals surface area (Å²) in [7, 11) is 0. The molecule has 0 atom stereocenters. The molecule has 0 saturated heterocycles. The van der Waals surface area contributed by atoms with E-state index in [1.807, 2.05) is 24.3 Å². The summed E-state index contributed by atoms with van der Waals surface area (Å²) in [5.74, 6) is 0. The van der Waals surface area contributed by atoms with Crippen molar-refractivity contribution in [1.29, 1.82) is 0 Å². The fraction of sp³-hybridized carbons (Fsp3) is 0.231. The van der Waals surface area contributed by atoms with Crippen LogP contribution in [0.4, 0.5) is 0 Å². The van der Waals surface area contributed by atoms with Gasteiger partial charge in [0.05, 0.1) is 22.4 Å². The molecule has 2 heteroatoms. The maximum atomic E-state index is 4.66. The smallest absolute Gasteiger partial charge is 0.0894 e. The maximum absolute atomic E-state index is 4.66. The highest BCUT2D eigenvalue weighted by atomic mass is 14.8. The molecule has 0 bridgehead atoms. The maximum Gasteiger partial charge on any atom is 0.0894 e. The van der Waals surface area contributed by atoms with Crippen molar-refractivity contribution in [3.05, 3.63) is 41.7 Å². The lowest BCUT2D eigenvalue weighted by molar-refractivity contribution is 0.826. The first kappa shape index (κ1) is 8.60. The summed E-state index contributed by atoms with van der Waals surface area (Å²) < 4.78 is 0. The molecule has 0 aliphatic heterocycles. The second-order valence-corrected chi connectivity index (χ2v) is 3.84. The Labute approximate surface area is 88.7 Å². The van der Waals surface area contributed by atoms with E-state index in [4.69, 9.17) is 0 Å². The molecule has 0 unspecified atom stereocenters. The number of hydrogen-bond donors (Lipinski definition) is 0. The van der Waals surface area contributed by atoms with Crippen LogP contribution in [0, 0.1) is 0 Å². The minimum atomic E-state index is 0.989. The molecule has 0 fully saturated rings. The van der Waals surface area contributed by atoms with Gasteiger partial charge >= 0.3 is 0 Å². The van der Waals surface area contributed by atoms with Crippen LogP contribution in [0.5, 0.6) is 0 Å². The third-order valence-electron chi connectivity index (χ3n) is 2.73. The number of aryl methyl sites for hydroxylation is 1. The van der Waals surface area contributed by atoms with Gasteiger partial charge in [0, 0.05) is 0 Å². The molecule has 1 aromatic carbocycles. The van der Waals surface area contributed by atoms with Crippen LogP contribution in [0.15, 0.2) is 30.3 Å². The van der Waals surface area contributed by atoms with Crippen molar-refractivity contribution in [2.75, 3.05) is 0 Å². The predicted octanol–water partition coefficient (Wildman–Crippen LogP) is 2.98. The Morgan fingerprint density at radius 2 is 1.80 bits per heavy atom. The van der Waals surface area contributed by atoms with E-state index in [-0.39, 0.29) is 0 Å². The molecule has 2 aromatic rings. The van der Waals surface area contributed by atoms with Gasteiger partial charge in [-0.3, -0.25) is 0 Å². The number of hydrogen-bond acceptors (Lipinski definition) is 2. The third-order valence-corrected chi connectivity index (χ3v) is 2.73. The van der Waals surface area contributed by atoms with E-state index in [9.17, 15) is 0 Å². The molecule has 0 spiro atoms. The summed E-state index contributed by atoms with van der Waals surface area (Å²) >= 11 is 0. The van der Waals surface area contributed by atoms with E-state index < -0.39 is 0 Å². The highest BCUT2D eigenvalue weighted by molar-refractivity contribution is 5.75. The van der Waals surface area contributed by atoms with E-state index in [1.165, 1.54) is 6.42 Å². The molecule has 0 amide bonds. The Hall–Kier alpha value is -1.70. The van der Waals surface area contributed by atoms with Gasteiger partial charge in [-0.1, -0.05) is 18.2 Å². The molecule has 1 aromatic heterocycles. The highest BCUT2D eigenvalue weighted by Crippen LogP contribution is 2.18. The van der Waals surface area contributed by atoms with Crippen molar-refractivity contribution >= 4 is 17.1 Å². The van der Waals surface area contributed by atoms with Crippen molar-refractivity contribution in [2.24, 2.45) is 0 Å². The Bertz CT molecular complexity index is 529. The lowest BCUT2D eigenvalue weighted by Crippen LogP contribution is -1.97. The number of benzene rings is 1. The second kappa shape index (κ2) is 3.46. The first-order valence-electron chi connectivity index (χ1n) is 5.36. The van der Waals surface area contributed by atoms with E-state index >= 15 is 0 Å². The molecule has 2 nitrogen and oxygen atoms in total. The van der Waals surface area contributed by atoms with Gasteiger partial charge in [0.15, 0.2) is 0 Å². The topological polar surface area (TPSA) is 25.8 Å². The first-order valence-corrected chi connectivity index (χ1v) is 5.36. The molecule has 1 aliphatic carbocycles. The molecule has 0 saturated carbocycles. The van der Waals surface area contributed by atoms with Crippen molar-refractivity contribution in [1.82, 2.24) is 9.97 Å². The predicted molar refractivity (Wildman–Crippen MR) is 61.5 cm³/mol. The van der Waals surface area contributed by atoms with Crippen LogP contribution < -0.4 is 0 Å². The van der Waals surface area contributed by atoms with Gasteiger partial charge in [-0.05, 0) is 37.5 Å². The van der Waals surface area contributed by atoms with Crippen LogP contribution in [0.1, 0.15) is 24.2 Å². The molecular formula is C13H12N2. The van der Waals surface area contributed by atoms with Gasteiger partial charge in [0.2, 0.25) is 0 Å². The molecule has 3 rings (SSSR count). The van der Waals surface area contributed by atoms with Crippen molar-refractivity contribution < 1.29 is 0 Å². The largest absolute Gasteiger partial charge is 0.249 e. The second-order valence-electron chi connectivity index (χ2n) is 3.84. The summed E-state index contributed by atoms with van der Waals surface area (Å²) in [6.45, 7) is 0. The SMILES string of the molecule is C1=Cc2nc3ccccc3nc2CCC1. The normalized spacial score (nSPS) is 14.9. The van der Waals surface area contributed by atoms with Crippen LogP contribution in [0.25, 0.3) is 17.1 Å². The Morgan fingerprint density at radius 1 is 1.00 bits per heavy atom. The minimum Gasteiger partial charge on any atom is -0.249 e. The van der Waals surface area contributed by atoms with E-state index in [2.05, 4.69) is 22.1 Å². The lowest BCUT2D eigenvalue weighted by Gasteiger charge is -2.04. The lowest BCUT2D eigenvalue weighted by atomic mass is 10.2. The Balaban J connectivity index is 2.27. The van der Waals surface area contributed by atoms with Crippen LogP contribution >= 0.6 is 0 Å². The highest BCUT2D eigenvalue weighted by Gasteiger charge is 2.07. The summed E-state index contributed by atoms with van der Waals surface area (Å²) in [6.07, 6.45) is 7.64. The van der Waals surface area contributed by atoms with Crippen LogP contribution in [0.3, 0.4) is 0 Å². The number of allylic oxidation sites excluding steroid dienone is 1. The summed E-state index contributed by atoms with van der Waals surface area (Å²) in [4.78, 5) is 9.29. The van der Waals surface area contributed by atoms with Gasteiger partial charge < -0.3 is 0 Å². The zero-order valence-electron chi connectivity index (χ0n) is 8.48. The van der Waals surface area contributed by atoms with E-state index in [0.717, 1.165) is 35.3 Å². The Kier molecular flexibility index (Phi) is 1.98. The number of para-hydroxylation sites is 2. The number of fused-ring (bicyclic) bond motifs is 2. The zero-order valence-corrected chi connectivity index (χ0v) is 8.48. The Morgan fingerprint density at radius 3 is 2.67 bits per heavy atom. The van der Waals surface area contributed by atoms with Gasteiger partial charge in [-0.25, -0.2) is 9.97 Å². The van der Waals surface area contributed by atoms with Crippen LogP contribution in [-0.4, -0.2) is 9.97 Å². The average molecular weight is 196 g/mol. The van der Waals surface area contributed by atoms with E-state index in [1.54, 1.807) is 0 Å². The first-order chi connectivity index (χ1) is 7.43. The van der Waals surface area contributed by atoms with Crippen LogP contribution in [-0.2, 0) is 6.42 Å². The third kappa shape index (κ3) is 1.52. The minimum absolute atomic E-state index is 0.989. The molecule has 0 radical (unpaired) electrons. The molecule has 15 heavy (non-hydrogen) atoms. The molecule has 0 N–H and O–H groups in total. The van der Waals surface area contributed by atoms with Gasteiger partial charge in [-0.15, -0.1) is 0 Å². The fourth-order valence-electron chi connectivity index (χ4n) is 1.95. The standard InChI is InChI=1S/C13H12N2/c1-2-6-10-11(7-3-1)15-13-9-5-4-8-12(13)14-10/h2,4-6,8-9H,1,3,7H2.